The Labute approximate surface area is 150 Å². The van der Waals surface area contributed by atoms with Crippen LogP contribution in [0.15, 0.2) is 24.3 Å². The molecule has 1 saturated heterocycles. The van der Waals surface area contributed by atoms with Gasteiger partial charge in [0, 0.05) is 25.1 Å². The number of benzene rings is 1. The SMILES string of the molecule is CC(C)(C)OC(=O)N1CCCC1(O)COC(=O)c1ccc([N+](=O)[O-])cc1. The van der Waals surface area contributed by atoms with E-state index in [0.717, 1.165) is 4.90 Å². The second-order valence-corrected chi connectivity index (χ2v) is 7.10. The van der Waals surface area contributed by atoms with E-state index in [1.54, 1.807) is 20.8 Å². The molecule has 1 aromatic carbocycles. The first kappa shape index (κ1) is 19.6. The Morgan fingerprint density at radius 2 is 1.92 bits per heavy atom. The standard InChI is InChI=1S/C17H22N2O7/c1-16(2,3)26-15(21)18-10-4-9-17(18,22)11-25-14(20)12-5-7-13(8-6-12)19(23)24/h5-8,22H,4,9-11H2,1-3H3. The van der Waals surface area contributed by atoms with Crippen LogP contribution in [0, 0.1) is 10.1 Å². The van der Waals surface area contributed by atoms with Crippen molar-refractivity contribution >= 4 is 17.7 Å². The molecule has 0 aliphatic carbocycles. The first-order chi connectivity index (χ1) is 12.0. The topological polar surface area (TPSA) is 119 Å². The lowest BCUT2D eigenvalue weighted by Gasteiger charge is -2.34. The lowest BCUT2D eigenvalue weighted by atomic mass is 10.1. The molecule has 0 radical (unpaired) electrons. The molecule has 1 unspecified atom stereocenters. The second-order valence-electron chi connectivity index (χ2n) is 7.10. The number of likely N-dealkylation sites (tertiary alicyclic amines) is 1. The van der Waals surface area contributed by atoms with Gasteiger partial charge in [-0.1, -0.05) is 0 Å². The van der Waals surface area contributed by atoms with Gasteiger partial charge >= 0.3 is 12.1 Å². The number of non-ortho nitro benzene ring substituents is 1. The number of amides is 1. The summed E-state index contributed by atoms with van der Waals surface area (Å²) in [7, 11) is 0. The molecule has 0 saturated carbocycles. The molecule has 1 atom stereocenters. The Bertz CT molecular complexity index is 696. The highest BCUT2D eigenvalue weighted by Crippen LogP contribution is 2.29. The molecule has 1 fully saturated rings. The second kappa shape index (κ2) is 7.28. The number of rotatable bonds is 4. The van der Waals surface area contributed by atoms with E-state index in [4.69, 9.17) is 9.47 Å². The van der Waals surface area contributed by atoms with Crippen molar-refractivity contribution in [2.24, 2.45) is 0 Å². The smallest absolute Gasteiger partial charge is 0.412 e. The van der Waals surface area contributed by atoms with Gasteiger partial charge in [0.25, 0.3) is 5.69 Å². The normalized spacial score (nSPS) is 19.9. The van der Waals surface area contributed by atoms with E-state index < -0.39 is 34.9 Å². The summed E-state index contributed by atoms with van der Waals surface area (Å²) in [5.41, 5.74) is -2.39. The number of carbonyl (C=O) groups is 2. The molecule has 142 valence electrons. The van der Waals surface area contributed by atoms with Gasteiger partial charge in [0.05, 0.1) is 10.5 Å². The van der Waals surface area contributed by atoms with Crippen molar-refractivity contribution < 1.29 is 29.1 Å². The van der Waals surface area contributed by atoms with E-state index in [-0.39, 0.29) is 17.7 Å². The van der Waals surface area contributed by atoms with Crippen LogP contribution in [0.25, 0.3) is 0 Å². The van der Waals surface area contributed by atoms with Crippen LogP contribution in [0.3, 0.4) is 0 Å². The maximum absolute atomic E-state index is 12.2. The number of ether oxygens (including phenoxy) is 2. The largest absolute Gasteiger partial charge is 0.457 e. The van der Waals surface area contributed by atoms with Gasteiger partial charge in [-0.2, -0.15) is 0 Å². The fraction of sp³-hybridized carbons (Fsp3) is 0.529. The van der Waals surface area contributed by atoms with Crippen molar-refractivity contribution in [2.45, 2.75) is 44.9 Å². The molecular weight excluding hydrogens is 344 g/mol. The minimum absolute atomic E-state index is 0.112. The first-order valence-corrected chi connectivity index (χ1v) is 8.16. The molecule has 1 aliphatic heterocycles. The molecule has 0 bridgehead atoms. The Morgan fingerprint density at radius 3 is 2.46 bits per heavy atom. The van der Waals surface area contributed by atoms with Crippen molar-refractivity contribution in [1.82, 2.24) is 4.90 Å². The van der Waals surface area contributed by atoms with Crippen LogP contribution < -0.4 is 0 Å². The van der Waals surface area contributed by atoms with Crippen LogP contribution in [0.5, 0.6) is 0 Å². The summed E-state index contributed by atoms with van der Waals surface area (Å²) in [6, 6.07) is 4.91. The van der Waals surface area contributed by atoms with Gasteiger partial charge in [-0.25, -0.2) is 9.59 Å². The number of hydrogen-bond donors (Lipinski definition) is 1. The minimum Gasteiger partial charge on any atom is -0.457 e. The zero-order valence-corrected chi connectivity index (χ0v) is 14.9. The highest BCUT2D eigenvalue weighted by Gasteiger charge is 2.45. The highest BCUT2D eigenvalue weighted by molar-refractivity contribution is 5.89. The van der Waals surface area contributed by atoms with Crippen LogP contribution in [0.2, 0.25) is 0 Å². The molecule has 9 heteroatoms. The van der Waals surface area contributed by atoms with Gasteiger partial charge in [-0.15, -0.1) is 0 Å². The van der Waals surface area contributed by atoms with Gasteiger partial charge in [0.1, 0.15) is 12.2 Å². The van der Waals surface area contributed by atoms with E-state index in [0.29, 0.717) is 13.0 Å². The molecule has 1 amide bonds. The van der Waals surface area contributed by atoms with Crippen LogP contribution in [-0.2, 0) is 9.47 Å². The summed E-state index contributed by atoms with van der Waals surface area (Å²) < 4.78 is 10.4. The zero-order valence-electron chi connectivity index (χ0n) is 14.9. The van der Waals surface area contributed by atoms with Crippen LogP contribution >= 0.6 is 0 Å². The Hall–Kier alpha value is -2.68. The molecule has 9 nitrogen and oxygen atoms in total. The van der Waals surface area contributed by atoms with Gasteiger partial charge < -0.3 is 14.6 Å². The first-order valence-electron chi connectivity index (χ1n) is 8.16. The maximum atomic E-state index is 12.2. The zero-order chi connectivity index (χ0) is 19.5. The van der Waals surface area contributed by atoms with Gasteiger partial charge in [-0.05, 0) is 39.3 Å². The maximum Gasteiger partial charge on any atom is 0.412 e. The molecular formula is C17H22N2O7. The number of nitrogens with zero attached hydrogens (tertiary/aromatic N) is 2. The number of hydrogen-bond acceptors (Lipinski definition) is 7. The van der Waals surface area contributed by atoms with E-state index in [2.05, 4.69) is 0 Å². The Morgan fingerprint density at radius 1 is 1.31 bits per heavy atom. The van der Waals surface area contributed by atoms with Crippen molar-refractivity contribution in [2.75, 3.05) is 13.2 Å². The van der Waals surface area contributed by atoms with Crippen molar-refractivity contribution in [3.05, 3.63) is 39.9 Å². The Balaban J connectivity index is 2.01. The fourth-order valence-electron chi connectivity index (χ4n) is 2.58. The predicted molar refractivity (Wildman–Crippen MR) is 90.5 cm³/mol. The molecule has 2 rings (SSSR count). The Kier molecular flexibility index (Phi) is 5.50. The van der Waals surface area contributed by atoms with Crippen LogP contribution in [-0.4, -0.2) is 51.5 Å². The number of aliphatic hydroxyl groups is 1. The van der Waals surface area contributed by atoms with Gasteiger partial charge in [-0.3, -0.25) is 15.0 Å². The van der Waals surface area contributed by atoms with E-state index in [1.807, 2.05) is 0 Å². The molecule has 1 N–H and O–H groups in total. The third kappa shape index (κ3) is 4.69. The van der Waals surface area contributed by atoms with Gasteiger partial charge in [0.2, 0.25) is 0 Å². The summed E-state index contributed by atoms with van der Waals surface area (Å²) in [6.45, 7) is 5.03. The number of nitro benzene ring substituents is 1. The lowest BCUT2D eigenvalue weighted by Crippen LogP contribution is -2.52. The van der Waals surface area contributed by atoms with E-state index in [1.165, 1.54) is 24.3 Å². The molecule has 26 heavy (non-hydrogen) atoms. The average Bonchev–Trinajstić information content (AvgIpc) is 2.93. The summed E-state index contributed by atoms with van der Waals surface area (Å²) in [6.07, 6.45) is 0.119. The number of esters is 1. The quantitative estimate of drug-likeness (QED) is 0.494. The van der Waals surface area contributed by atoms with Crippen LogP contribution in [0.4, 0.5) is 10.5 Å². The average molecular weight is 366 g/mol. The fourth-order valence-corrected chi connectivity index (χ4v) is 2.58. The summed E-state index contributed by atoms with van der Waals surface area (Å²) in [5.74, 6) is -0.746. The van der Waals surface area contributed by atoms with Gasteiger partial charge in [0.15, 0.2) is 5.72 Å². The van der Waals surface area contributed by atoms with E-state index in [9.17, 15) is 24.8 Å². The molecule has 1 heterocycles. The molecule has 0 spiro atoms. The molecule has 1 aromatic rings. The summed E-state index contributed by atoms with van der Waals surface area (Å²) in [5, 5.41) is 21.3. The lowest BCUT2D eigenvalue weighted by molar-refractivity contribution is -0.384. The third-order valence-corrected chi connectivity index (χ3v) is 3.82. The van der Waals surface area contributed by atoms with E-state index >= 15 is 0 Å². The number of nitro groups is 1. The third-order valence-electron chi connectivity index (χ3n) is 3.82. The summed E-state index contributed by atoms with van der Waals surface area (Å²) in [4.78, 5) is 35.5. The summed E-state index contributed by atoms with van der Waals surface area (Å²) >= 11 is 0. The highest BCUT2D eigenvalue weighted by atomic mass is 16.6. The minimum atomic E-state index is -1.64. The monoisotopic (exact) mass is 366 g/mol. The van der Waals surface area contributed by atoms with Crippen molar-refractivity contribution in [3.8, 4) is 0 Å². The van der Waals surface area contributed by atoms with Crippen LogP contribution in [0.1, 0.15) is 44.0 Å². The van der Waals surface area contributed by atoms with Crippen molar-refractivity contribution in [1.29, 1.82) is 0 Å². The number of carbonyl (C=O) groups excluding carboxylic acids is 2. The van der Waals surface area contributed by atoms with Crippen molar-refractivity contribution in [3.63, 3.8) is 0 Å². The molecule has 1 aliphatic rings. The predicted octanol–water partition coefficient (Wildman–Crippen LogP) is 2.47. The molecule has 0 aromatic heterocycles.